The number of hydrogen-bond donors (Lipinski definition) is 0. The Bertz CT molecular complexity index is 55.6. The van der Waals surface area contributed by atoms with Crippen LogP contribution in [0, 0.1) is 5.92 Å². The van der Waals surface area contributed by atoms with Gasteiger partial charge in [-0.05, 0) is 0 Å². The smallest absolute Gasteiger partial charge is 0.0967 e. The van der Waals surface area contributed by atoms with Gasteiger partial charge in [-0.1, -0.05) is 49.5 Å². The molecular formula is C8H19Al. The van der Waals surface area contributed by atoms with Gasteiger partial charge in [0, 0.05) is 0 Å². The van der Waals surface area contributed by atoms with Gasteiger partial charge >= 0.3 is 0 Å². The Hall–Kier alpha value is 0.532. The van der Waals surface area contributed by atoms with E-state index in [4.69, 9.17) is 0 Å². The summed E-state index contributed by atoms with van der Waals surface area (Å²) in [5, 5.41) is 4.54. The number of hydrogen-bond acceptors (Lipinski definition) is 0. The minimum absolute atomic E-state index is 0.250. The molecule has 0 aromatic carbocycles. The minimum Gasteiger partial charge on any atom is -0.0967 e. The molecule has 0 heterocycles. The molecule has 1 heteroatoms. The summed E-state index contributed by atoms with van der Waals surface area (Å²) >= 11 is -0.250. The Labute approximate surface area is 64.0 Å². The molecule has 0 aliphatic carbocycles. The van der Waals surface area contributed by atoms with Gasteiger partial charge in [-0.15, -0.1) is 0 Å². The Morgan fingerprint density at radius 2 is 1.56 bits per heavy atom. The molecule has 0 N–H and O–H groups in total. The molecule has 0 atom stereocenters. The molecule has 0 saturated carbocycles. The van der Waals surface area contributed by atoms with Crippen LogP contribution in [0.2, 0.25) is 15.8 Å². The van der Waals surface area contributed by atoms with Crippen LogP contribution in [-0.4, -0.2) is 14.1 Å². The normalized spacial score (nSPS) is 10.3. The van der Waals surface area contributed by atoms with Gasteiger partial charge in [0.25, 0.3) is 14.1 Å². The van der Waals surface area contributed by atoms with E-state index in [-0.39, 0.29) is 14.1 Å². The lowest BCUT2D eigenvalue weighted by Crippen LogP contribution is -2.11. The van der Waals surface area contributed by atoms with Gasteiger partial charge in [-0.3, -0.25) is 0 Å². The van der Waals surface area contributed by atoms with Crippen LogP contribution >= 0.6 is 0 Å². The van der Waals surface area contributed by atoms with Crippen molar-refractivity contribution in [1.29, 1.82) is 0 Å². The average Bonchev–Trinajstić information content (AvgIpc) is 1.82. The second-order valence-electron chi connectivity index (χ2n) is 3.31. The molecule has 0 unspecified atom stereocenters. The lowest BCUT2D eigenvalue weighted by molar-refractivity contribution is 0.722. The summed E-state index contributed by atoms with van der Waals surface area (Å²) < 4.78 is 0. The second kappa shape index (κ2) is 5.33. The summed E-state index contributed by atoms with van der Waals surface area (Å²) in [4.78, 5) is 0. The fourth-order valence-electron chi connectivity index (χ4n) is 1.29. The summed E-state index contributed by atoms with van der Waals surface area (Å²) in [5.41, 5.74) is 0. The van der Waals surface area contributed by atoms with Gasteiger partial charge < -0.3 is 0 Å². The summed E-state index contributed by atoms with van der Waals surface area (Å²) in [6, 6.07) is 0. The highest BCUT2D eigenvalue weighted by atomic mass is 27.2. The van der Waals surface area contributed by atoms with Crippen molar-refractivity contribution in [3.63, 3.8) is 0 Å². The summed E-state index contributed by atoms with van der Waals surface area (Å²) in [5.74, 6) is 0.946. The third-order valence-corrected chi connectivity index (χ3v) is 5.88. The van der Waals surface area contributed by atoms with Crippen molar-refractivity contribution in [2.45, 2.75) is 43.5 Å². The van der Waals surface area contributed by atoms with Crippen LogP contribution in [0.3, 0.4) is 0 Å². The van der Waals surface area contributed by atoms with Crippen molar-refractivity contribution in [3.8, 4) is 0 Å². The van der Waals surface area contributed by atoms with Crippen molar-refractivity contribution in [1.82, 2.24) is 0 Å². The molecule has 0 aromatic heterocycles. The molecule has 0 spiro atoms. The average molecular weight is 142 g/mol. The van der Waals surface area contributed by atoms with Gasteiger partial charge in [0.15, 0.2) is 0 Å². The predicted octanol–water partition coefficient (Wildman–Crippen LogP) is 3.18. The van der Waals surface area contributed by atoms with E-state index in [0.717, 1.165) is 5.92 Å². The van der Waals surface area contributed by atoms with E-state index in [9.17, 15) is 0 Å². The Balaban J connectivity index is 3.31. The predicted molar refractivity (Wildman–Crippen MR) is 46.4 cm³/mol. The zero-order valence-electron chi connectivity index (χ0n) is 7.28. The van der Waals surface area contributed by atoms with Crippen molar-refractivity contribution in [2.75, 3.05) is 0 Å². The first-order valence-corrected chi connectivity index (χ1v) is 6.65. The SMILES string of the molecule is C[CH2][Al]([CH2]C)[CH2]C(C)C. The molecule has 9 heavy (non-hydrogen) atoms. The monoisotopic (exact) mass is 142 g/mol. The molecular weight excluding hydrogens is 123 g/mol. The highest BCUT2D eigenvalue weighted by Gasteiger charge is 2.12. The molecule has 0 amide bonds. The lowest BCUT2D eigenvalue weighted by Gasteiger charge is -2.08. The largest absolute Gasteiger partial charge is 0.261 e. The van der Waals surface area contributed by atoms with Crippen LogP contribution < -0.4 is 0 Å². The van der Waals surface area contributed by atoms with Crippen molar-refractivity contribution in [3.05, 3.63) is 0 Å². The van der Waals surface area contributed by atoms with E-state index < -0.39 is 0 Å². The minimum atomic E-state index is -0.250. The molecule has 0 aliphatic rings. The zero-order valence-corrected chi connectivity index (χ0v) is 8.43. The molecule has 0 aromatic rings. The van der Waals surface area contributed by atoms with E-state index in [2.05, 4.69) is 27.7 Å². The highest BCUT2D eigenvalue weighted by Crippen LogP contribution is 2.11. The first kappa shape index (κ1) is 9.53. The van der Waals surface area contributed by atoms with Crippen LogP contribution in [0.4, 0.5) is 0 Å². The van der Waals surface area contributed by atoms with E-state index >= 15 is 0 Å². The van der Waals surface area contributed by atoms with Crippen LogP contribution in [0.1, 0.15) is 27.7 Å². The van der Waals surface area contributed by atoms with E-state index in [1.807, 2.05) is 0 Å². The molecule has 0 saturated heterocycles. The summed E-state index contributed by atoms with van der Waals surface area (Å²) in [6.45, 7) is 9.38. The first-order chi connectivity index (χ1) is 4.20. The third-order valence-electron chi connectivity index (χ3n) is 1.96. The Morgan fingerprint density at radius 3 is 1.67 bits per heavy atom. The second-order valence-corrected chi connectivity index (χ2v) is 7.15. The van der Waals surface area contributed by atoms with Gasteiger partial charge in [-0.2, -0.15) is 0 Å². The van der Waals surface area contributed by atoms with E-state index in [1.54, 1.807) is 5.28 Å². The van der Waals surface area contributed by atoms with Crippen LogP contribution in [0.25, 0.3) is 0 Å². The van der Waals surface area contributed by atoms with Crippen molar-refractivity contribution >= 4 is 14.1 Å². The van der Waals surface area contributed by atoms with Gasteiger partial charge in [0.1, 0.15) is 0 Å². The molecule has 0 nitrogen and oxygen atoms in total. The van der Waals surface area contributed by atoms with Crippen molar-refractivity contribution < 1.29 is 0 Å². The van der Waals surface area contributed by atoms with Gasteiger partial charge in [0.05, 0.1) is 0 Å². The third kappa shape index (κ3) is 5.00. The van der Waals surface area contributed by atoms with Crippen LogP contribution in [-0.2, 0) is 0 Å². The van der Waals surface area contributed by atoms with Crippen LogP contribution in [0.5, 0.6) is 0 Å². The number of rotatable bonds is 4. The van der Waals surface area contributed by atoms with E-state index in [1.165, 1.54) is 10.6 Å². The fourth-order valence-corrected chi connectivity index (χ4v) is 3.87. The molecule has 0 radical (unpaired) electrons. The van der Waals surface area contributed by atoms with Crippen LogP contribution in [0.15, 0.2) is 0 Å². The Kier molecular flexibility index (Phi) is 5.64. The molecule has 0 aliphatic heterocycles. The summed E-state index contributed by atoms with van der Waals surface area (Å²) in [6.07, 6.45) is 0. The van der Waals surface area contributed by atoms with E-state index in [0.29, 0.717) is 0 Å². The first-order valence-electron chi connectivity index (χ1n) is 4.20. The molecule has 54 valence electrons. The highest BCUT2D eigenvalue weighted by molar-refractivity contribution is 6.58. The quantitative estimate of drug-likeness (QED) is 0.529. The fraction of sp³-hybridized carbons (Fsp3) is 1.00. The summed E-state index contributed by atoms with van der Waals surface area (Å²) in [7, 11) is 0. The standard InChI is InChI=1S/C4H9.2C2H5.Al/c1-4(2)3;2*1-2;/h4H,1H2,2-3H3;2*1H2,2H3;. The Morgan fingerprint density at radius 1 is 1.11 bits per heavy atom. The molecule has 0 fully saturated rings. The lowest BCUT2D eigenvalue weighted by atomic mass is 10.3. The maximum Gasteiger partial charge on any atom is 0.261 e. The van der Waals surface area contributed by atoms with Crippen molar-refractivity contribution in [2.24, 2.45) is 5.92 Å². The van der Waals surface area contributed by atoms with Gasteiger partial charge in [-0.25, -0.2) is 0 Å². The molecule has 0 rings (SSSR count). The maximum atomic E-state index is 2.35. The molecule has 0 bridgehead atoms. The maximum absolute atomic E-state index is 2.35. The topological polar surface area (TPSA) is 0 Å². The zero-order chi connectivity index (χ0) is 7.28. The van der Waals surface area contributed by atoms with Gasteiger partial charge in [0.2, 0.25) is 0 Å².